The molecule has 0 aliphatic carbocycles. The van der Waals surface area contributed by atoms with E-state index in [1.54, 1.807) is 17.3 Å². The number of carbonyl (C=O) groups excluding carboxylic acids is 3. The highest BCUT2D eigenvalue weighted by atomic mass is 16.2. The number of hydrogen-bond donors (Lipinski definition) is 2. The van der Waals surface area contributed by atoms with Gasteiger partial charge in [0.1, 0.15) is 5.69 Å². The van der Waals surface area contributed by atoms with E-state index in [2.05, 4.69) is 10.3 Å². The molecule has 1 aliphatic heterocycles. The Morgan fingerprint density at radius 3 is 2.40 bits per heavy atom. The van der Waals surface area contributed by atoms with Crippen LogP contribution in [0.5, 0.6) is 0 Å². The Morgan fingerprint density at radius 2 is 1.62 bits per heavy atom. The first-order chi connectivity index (χ1) is 20.5. The third kappa shape index (κ3) is 5.42. The summed E-state index contributed by atoms with van der Waals surface area (Å²) in [5.74, 6) is -0.723. The quantitative estimate of drug-likeness (QED) is 0.303. The summed E-state index contributed by atoms with van der Waals surface area (Å²) in [6, 6.07) is 30.3. The second-order valence-corrected chi connectivity index (χ2v) is 10.2. The summed E-state index contributed by atoms with van der Waals surface area (Å²) < 4.78 is 1.98. The maximum atomic E-state index is 14.0. The van der Waals surface area contributed by atoms with Crippen LogP contribution in [0.2, 0.25) is 0 Å². The predicted molar refractivity (Wildman–Crippen MR) is 161 cm³/mol. The first-order valence-electron chi connectivity index (χ1n) is 13.7. The Hall–Kier alpha value is -5.50. The van der Waals surface area contributed by atoms with E-state index >= 15 is 0 Å². The lowest BCUT2D eigenvalue weighted by atomic mass is 9.96. The van der Waals surface area contributed by atoms with Crippen molar-refractivity contribution in [3.05, 3.63) is 143 Å². The minimum Gasteiger partial charge on any atom is -0.369 e. The number of pyridine rings is 1. The van der Waals surface area contributed by atoms with Gasteiger partial charge in [-0.1, -0.05) is 60.7 Å². The average Bonchev–Trinajstić information content (AvgIpc) is 3.33. The van der Waals surface area contributed by atoms with Crippen LogP contribution in [0.4, 0.5) is 5.69 Å². The molecule has 8 heteroatoms. The average molecular weight is 556 g/mol. The Bertz CT molecular complexity index is 1780. The Morgan fingerprint density at radius 1 is 0.833 bits per heavy atom. The molecule has 6 rings (SSSR count). The standard InChI is InChI=1S/C34H29N5O3/c35-32(40)18-26-7-1-3-9-29(26)24-11-13-25(14-12-24)34(42)39-22-28-15-16-31(33(41)37-20-23-6-5-17-36-19-23)38(28)21-27-8-2-4-10-30(27)39/h1-17,19H,18,20-22H2,(H2,35,40)(H,37,41). The van der Waals surface area contributed by atoms with Crippen molar-refractivity contribution in [3.8, 4) is 11.1 Å². The lowest BCUT2D eigenvalue weighted by Gasteiger charge is -2.23. The molecule has 42 heavy (non-hydrogen) atoms. The number of nitrogens with two attached hydrogens (primary N) is 1. The number of rotatable bonds is 7. The molecule has 0 saturated heterocycles. The Balaban J connectivity index is 1.27. The van der Waals surface area contributed by atoms with Crippen molar-refractivity contribution in [1.29, 1.82) is 0 Å². The molecule has 3 N–H and O–H groups in total. The van der Waals surface area contributed by atoms with Gasteiger partial charge in [0.2, 0.25) is 5.91 Å². The van der Waals surface area contributed by atoms with E-state index in [-0.39, 0.29) is 18.2 Å². The zero-order valence-electron chi connectivity index (χ0n) is 22.9. The van der Waals surface area contributed by atoms with Gasteiger partial charge in [-0.3, -0.25) is 19.4 Å². The van der Waals surface area contributed by atoms with E-state index in [1.165, 1.54) is 0 Å². The fourth-order valence-corrected chi connectivity index (χ4v) is 5.41. The smallest absolute Gasteiger partial charge is 0.268 e. The molecule has 0 fully saturated rings. The molecule has 208 valence electrons. The number of benzene rings is 3. The fourth-order valence-electron chi connectivity index (χ4n) is 5.41. The number of anilines is 1. The summed E-state index contributed by atoms with van der Waals surface area (Å²) in [6.45, 7) is 1.15. The van der Waals surface area contributed by atoms with Crippen LogP contribution in [0.15, 0.2) is 109 Å². The Kier molecular flexibility index (Phi) is 7.34. The van der Waals surface area contributed by atoms with Gasteiger partial charge in [0, 0.05) is 35.9 Å². The zero-order chi connectivity index (χ0) is 29.1. The SMILES string of the molecule is NC(=O)Cc1ccccc1-c1ccc(C(=O)N2Cc3ccc(C(=O)NCc4cccnc4)n3Cc3ccccc32)cc1. The second-order valence-electron chi connectivity index (χ2n) is 10.2. The number of nitrogens with one attached hydrogen (secondary N) is 1. The number of aromatic nitrogens is 2. The van der Waals surface area contributed by atoms with Crippen molar-refractivity contribution >= 4 is 23.4 Å². The van der Waals surface area contributed by atoms with E-state index in [1.807, 2.05) is 102 Å². The molecule has 8 nitrogen and oxygen atoms in total. The van der Waals surface area contributed by atoms with Crippen LogP contribution in [-0.4, -0.2) is 27.3 Å². The van der Waals surface area contributed by atoms with Gasteiger partial charge in [-0.05, 0) is 64.2 Å². The first kappa shape index (κ1) is 26.7. The highest BCUT2D eigenvalue weighted by Gasteiger charge is 2.27. The van der Waals surface area contributed by atoms with Crippen molar-refractivity contribution in [2.75, 3.05) is 4.90 Å². The van der Waals surface area contributed by atoms with Crippen molar-refractivity contribution in [2.24, 2.45) is 5.73 Å². The van der Waals surface area contributed by atoms with Gasteiger partial charge in [-0.2, -0.15) is 0 Å². The topological polar surface area (TPSA) is 110 Å². The molecule has 0 spiro atoms. The molecule has 0 radical (unpaired) electrons. The van der Waals surface area contributed by atoms with Crippen LogP contribution in [0.3, 0.4) is 0 Å². The van der Waals surface area contributed by atoms with Gasteiger partial charge < -0.3 is 20.5 Å². The van der Waals surface area contributed by atoms with Crippen LogP contribution >= 0.6 is 0 Å². The maximum absolute atomic E-state index is 14.0. The minimum atomic E-state index is -0.395. The van der Waals surface area contributed by atoms with E-state index in [4.69, 9.17) is 5.73 Å². The summed E-state index contributed by atoms with van der Waals surface area (Å²) in [7, 11) is 0. The highest BCUT2D eigenvalue weighted by Crippen LogP contribution is 2.31. The maximum Gasteiger partial charge on any atom is 0.268 e. The zero-order valence-corrected chi connectivity index (χ0v) is 22.9. The number of carbonyl (C=O) groups is 3. The molecule has 3 heterocycles. The van der Waals surface area contributed by atoms with Crippen LogP contribution in [-0.2, 0) is 30.8 Å². The van der Waals surface area contributed by atoms with E-state index < -0.39 is 5.91 Å². The summed E-state index contributed by atoms with van der Waals surface area (Å²) >= 11 is 0. The van der Waals surface area contributed by atoms with Crippen molar-refractivity contribution in [2.45, 2.75) is 26.1 Å². The largest absolute Gasteiger partial charge is 0.369 e. The minimum absolute atomic E-state index is 0.142. The van der Waals surface area contributed by atoms with Crippen molar-refractivity contribution < 1.29 is 14.4 Å². The fraction of sp³-hybridized carbons (Fsp3) is 0.118. The second kappa shape index (κ2) is 11.5. The van der Waals surface area contributed by atoms with E-state index in [0.29, 0.717) is 30.9 Å². The number of hydrogen-bond acceptors (Lipinski definition) is 4. The Labute approximate surface area is 243 Å². The molecule has 3 amide bonds. The van der Waals surface area contributed by atoms with Gasteiger partial charge in [-0.25, -0.2) is 0 Å². The van der Waals surface area contributed by atoms with Crippen molar-refractivity contribution in [1.82, 2.24) is 14.9 Å². The molecular formula is C34H29N5O3. The lowest BCUT2D eigenvalue weighted by Crippen LogP contribution is -2.30. The monoisotopic (exact) mass is 555 g/mol. The number of primary amides is 1. The van der Waals surface area contributed by atoms with Gasteiger partial charge in [0.25, 0.3) is 11.8 Å². The van der Waals surface area contributed by atoms with Crippen LogP contribution in [0.1, 0.15) is 43.2 Å². The molecule has 1 aliphatic rings. The molecule has 5 aromatic rings. The van der Waals surface area contributed by atoms with Gasteiger partial charge in [0.15, 0.2) is 0 Å². The van der Waals surface area contributed by atoms with Gasteiger partial charge in [0.05, 0.1) is 19.5 Å². The first-order valence-corrected chi connectivity index (χ1v) is 13.7. The molecule has 2 aromatic heterocycles. The molecule has 0 atom stereocenters. The van der Waals surface area contributed by atoms with E-state index in [0.717, 1.165) is 39.2 Å². The molecule has 3 aromatic carbocycles. The summed E-state index contributed by atoms with van der Waals surface area (Å²) in [5, 5.41) is 2.98. The third-order valence-corrected chi connectivity index (χ3v) is 7.48. The summed E-state index contributed by atoms with van der Waals surface area (Å²) in [6.07, 6.45) is 3.57. The lowest BCUT2D eigenvalue weighted by molar-refractivity contribution is -0.117. The number of fused-ring (bicyclic) bond motifs is 2. The summed E-state index contributed by atoms with van der Waals surface area (Å²) in [5.41, 5.74) is 12.7. The normalized spacial score (nSPS) is 12.1. The summed E-state index contributed by atoms with van der Waals surface area (Å²) in [4.78, 5) is 44.6. The number of para-hydroxylation sites is 1. The predicted octanol–water partition coefficient (Wildman–Crippen LogP) is 4.72. The van der Waals surface area contributed by atoms with Crippen LogP contribution in [0, 0.1) is 0 Å². The van der Waals surface area contributed by atoms with E-state index in [9.17, 15) is 14.4 Å². The van der Waals surface area contributed by atoms with Crippen LogP contribution < -0.4 is 16.0 Å². The van der Waals surface area contributed by atoms with Gasteiger partial charge >= 0.3 is 0 Å². The van der Waals surface area contributed by atoms with Crippen LogP contribution in [0.25, 0.3) is 11.1 Å². The highest BCUT2D eigenvalue weighted by molar-refractivity contribution is 6.07. The molecule has 0 bridgehead atoms. The van der Waals surface area contributed by atoms with Gasteiger partial charge in [-0.15, -0.1) is 0 Å². The number of amides is 3. The third-order valence-electron chi connectivity index (χ3n) is 7.48. The molecular weight excluding hydrogens is 526 g/mol. The van der Waals surface area contributed by atoms with Crippen molar-refractivity contribution in [3.63, 3.8) is 0 Å². The molecule has 0 saturated carbocycles. The number of nitrogens with zero attached hydrogens (tertiary/aromatic N) is 3. The molecule has 0 unspecified atom stereocenters.